The van der Waals surface area contributed by atoms with Gasteiger partial charge in [-0.05, 0) is 116 Å². The Balaban J connectivity index is 5.37. The zero-order valence-corrected chi connectivity index (χ0v) is 63.0. The van der Waals surface area contributed by atoms with E-state index in [1.54, 1.807) is 6.08 Å². The van der Waals surface area contributed by atoms with Crippen molar-refractivity contribution in [1.29, 1.82) is 0 Å². The van der Waals surface area contributed by atoms with Gasteiger partial charge in [-0.3, -0.25) is 37.3 Å². The normalized spacial score (nSPS) is 14.6. The molecule has 5 unspecified atom stereocenters. The molecule has 0 saturated heterocycles. The lowest BCUT2D eigenvalue weighted by Crippen LogP contribution is -2.30. The largest absolute Gasteiger partial charge is 0.472 e. The maximum Gasteiger partial charge on any atom is 0.472 e. The molecule has 0 radical (unpaired) electrons. The van der Waals surface area contributed by atoms with Crippen molar-refractivity contribution in [3.05, 3.63) is 122 Å². The molecule has 0 aliphatic heterocycles. The van der Waals surface area contributed by atoms with E-state index in [2.05, 4.69) is 125 Å². The maximum absolute atomic E-state index is 13.1. The molecule has 0 spiro atoms. The zero-order chi connectivity index (χ0) is 71.8. The standard InChI is InChI=1S/C79H134O17P2/c1-5-9-13-17-21-25-29-32-34-35-36-37-39-42-45-48-52-56-60-64-77(82)89-69-74(95-78(83)65-61-57-53-49-43-28-24-20-16-12-8-4)71-93-97(85,86)91-67-73(80)68-92-98(87,88)94-72-75(96-79(84)66-62-58-54-50-46-40-31-27-23-19-15-11-7-3)70-90-76(81)63-59-55-51-47-44-41-38-33-30-26-22-18-14-10-6-2/h9-10,13-14,21-22,25-27,31-34,36-38,44,47,55,59,73-75,80H,5-8,11-12,15-20,23-24,28-30,35,39-43,45-46,48-54,56-58,60-72H2,1-4H3,(H,85,86)(H,87,88)/b13-9-,14-10-,25-21-,26-22-,31-27-,34-32-,37-36-,38-33-,47-44-,59-55-. The molecule has 0 rings (SSSR count). The summed E-state index contributed by atoms with van der Waals surface area (Å²) in [6.45, 7) is 4.48. The number of hydrogen-bond acceptors (Lipinski definition) is 15. The number of phosphoric ester groups is 2. The van der Waals surface area contributed by atoms with E-state index in [0.717, 1.165) is 154 Å². The monoisotopic (exact) mass is 1420 g/mol. The quantitative estimate of drug-likeness (QED) is 0.0169. The SMILES string of the molecule is CC/C=C\C/C=C\C/C=C\C/C=C\C/C=C\CC(=O)OCC(COP(=O)(O)OCC(O)COP(=O)(O)OCC(COC(=O)CCCCCCCC/C=C\C/C=C\C/C=C\C/C=C\CC)OC(=O)CCCCCCCCCCCCC)OC(=O)CCCCCCC/C=C\CCCCCC. The molecular weight excluding hydrogens is 1280 g/mol. The molecule has 0 aliphatic carbocycles. The van der Waals surface area contributed by atoms with Crippen LogP contribution in [0.15, 0.2) is 122 Å². The van der Waals surface area contributed by atoms with Crippen LogP contribution in [0.25, 0.3) is 0 Å². The first-order valence-corrected chi connectivity index (χ1v) is 40.8. The van der Waals surface area contributed by atoms with Crippen molar-refractivity contribution in [2.75, 3.05) is 39.6 Å². The summed E-state index contributed by atoms with van der Waals surface area (Å²) in [6, 6.07) is 0. The molecule has 0 amide bonds. The Labute approximate surface area is 593 Å². The molecule has 0 saturated carbocycles. The van der Waals surface area contributed by atoms with Crippen molar-refractivity contribution in [2.45, 2.75) is 316 Å². The minimum atomic E-state index is -4.99. The Morgan fingerprint density at radius 1 is 0.306 bits per heavy atom. The smallest absolute Gasteiger partial charge is 0.462 e. The molecule has 562 valence electrons. The lowest BCUT2D eigenvalue weighted by atomic mass is 10.1. The van der Waals surface area contributed by atoms with Crippen molar-refractivity contribution in [1.82, 2.24) is 0 Å². The predicted molar refractivity (Wildman–Crippen MR) is 399 cm³/mol. The van der Waals surface area contributed by atoms with Crippen molar-refractivity contribution >= 4 is 39.5 Å². The van der Waals surface area contributed by atoms with Gasteiger partial charge in [0.25, 0.3) is 0 Å². The number of rotatable bonds is 70. The average molecular weight is 1420 g/mol. The number of aliphatic hydroxyl groups excluding tert-OH is 1. The summed E-state index contributed by atoms with van der Waals surface area (Å²) in [6.07, 6.45) is 76.5. The topological polar surface area (TPSA) is 237 Å². The van der Waals surface area contributed by atoms with E-state index in [-0.39, 0.29) is 25.7 Å². The van der Waals surface area contributed by atoms with Crippen molar-refractivity contribution in [3.63, 3.8) is 0 Å². The molecule has 0 aromatic rings. The Kier molecular flexibility index (Phi) is 67.6. The van der Waals surface area contributed by atoms with E-state index < -0.39 is 97.5 Å². The van der Waals surface area contributed by atoms with E-state index >= 15 is 0 Å². The maximum atomic E-state index is 13.1. The second kappa shape index (κ2) is 70.9. The molecule has 0 aliphatic rings. The number of ether oxygens (including phenoxy) is 4. The van der Waals surface area contributed by atoms with E-state index in [1.165, 1.54) is 64.2 Å². The molecule has 98 heavy (non-hydrogen) atoms. The predicted octanol–water partition coefficient (Wildman–Crippen LogP) is 21.6. The van der Waals surface area contributed by atoms with Crippen molar-refractivity contribution in [2.24, 2.45) is 0 Å². The zero-order valence-electron chi connectivity index (χ0n) is 61.2. The molecule has 0 heterocycles. The van der Waals surface area contributed by atoms with Crippen LogP contribution in [0.2, 0.25) is 0 Å². The highest BCUT2D eigenvalue weighted by Gasteiger charge is 2.30. The molecule has 0 aromatic heterocycles. The van der Waals surface area contributed by atoms with Gasteiger partial charge in [0.05, 0.1) is 32.8 Å². The van der Waals surface area contributed by atoms with Crippen LogP contribution < -0.4 is 0 Å². The number of unbranched alkanes of at least 4 members (excludes halogenated alkanes) is 25. The summed E-state index contributed by atoms with van der Waals surface area (Å²) in [5.74, 6) is -2.34. The van der Waals surface area contributed by atoms with Crippen LogP contribution in [-0.2, 0) is 65.4 Å². The Bertz CT molecular complexity index is 2340. The minimum Gasteiger partial charge on any atom is -0.462 e. The highest BCUT2D eigenvalue weighted by atomic mass is 31.2. The number of phosphoric acid groups is 2. The van der Waals surface area contributed by atoms with Gasteiger partial charge in [0.15, 0.2) is 12.2 Å². The van der Waals surface area contributed by atoms with Gasteiger partial charge in [0.1, 0.15) is 19.3 Å². The van der Waals surface area contributed by atoms with Crippen LogP contribution in [0, 0.1) is 0 Å². The summed E-state index contributed by atoms with van der Waals surface area (Å²) in [5, 5.41) is 10.6. The second-order valence-electron chi connectivity index (χ2n) is 24.8. The fourth-order valence-electron chi connectivity index (χ4n) is 9.75. The van der Waals surface area contributed by atoms with E-state index in [1.807, 2.05) is 18.2 Å². The van der Waals surface area contributed by atoms with Crippen molar-refractivity contribution < 1.29 is 80.2 Å². The molecule has 0 fully saturated rings. The Hall–Kier alpha value is -4.54. The van der Waals surface area contributed by atoms with Crippen molar-refractivity contribution in [3.8, 4) is 0 Å². The first-order chi connectivity index (χ1) is 47.7. The molecule has 0 aromatic carbocycles. The van der Waals surface area contributed by atoms with Gasteiger partial charge < -0.3 is 33.8 Å². The third-order valence-corrected chi connectivity index (χ3v) is 17.4. The fraction of sp³-hybridized carbons (Fsp3) is 0.696. The third-order valence-electron chi connectivity index (χ3n) is 15.5. The summed E-state index contributed by atoms with van der Waals surface area (Å²) < 4.78 is 68.3. The molecular formula is C79H134O17P2. The third kappa shape index (κ3) is 69.9. The summed E-state index contributed by atoms with van der Waals surface area (Å²) in [4.78, 5) is 72.7. The van der Waals surface area contributed by atoms with Gasteiger partial charge in [0, 0.05) is 19.3 Å². The van der Waals surface area contributed by atoms with Gasteiger partial charge in [-0.1, -0.05) is 278 Å². The Morgan fingerprint density at radius 2 is 0.571 bits per heavy atom. The first kappa shape index (κ1) is 93.5. The lowest BCUT2D eigenvalue weighted by molar-refractivity contribution is -0.161. The number of hydrogen-bond donors (Lipinski definition) is 3. The molecule has 19 heteroatoms. The van der Waals surface area contributed by atoms with Crippen LogP contribution in [0.1, 0.15) is 297 Å². The van der Waals surface area contributed by atoms with Gasteiger partial charge in [-0.25, -0.2) is 9.13 Å². The van der Waals surface area contributed by atoms with Gasteiger partial charge >= 0.3 is 39.5 Å². The number of esters is 4. The first-order valence-electron chi connectivity index (χ1n) is 37.8. The number of allylic oxidation sites excluding steroid dienone is 19. The summed E-state index contributed by atoms with van der Waals surface area (Å²) >= 11 is 0. The summed E-state index contributed by atoms with van der Waals surface area (Å²) in [5.41, 5.74) is 0. The van der Waals surface area contributed by atoms with E-state index in [0.29, 0.717) is 25.7 Å². The van der Waals surface area contributed by atoms with Crippen LogP contribution in [0.5, 0.6) is 0 Å². The number of carbonyl (C=O) groups is 4. The van der Waals surface area contributed by atoms with E-state index in [4.69, 9.17) is 37.0 Å². The van der Waals surface area contributed by atoms with Crippen LogP contribution in [0.3, 0.4) is 0 Å². The number of carbonyl (C=O) groups excluding carboxylic acids is 4. The second-order valence-corrected chi connectivity index (χ2v) is 27.8. The van der Waals surface area contributed by atoms with Crippen LogP contribution in [-0.4, -0.2) is 96.7 Å². The average Bonchev–Trinajstić information content (AvgIpc) is 0.983. The van der Waals surface area contributed by atoms with Gasteiger partial charge in [-0.2, -0.15) is 0 Å². The molecule has 0 bridgehead atoms. The molecule has 3 N–H and O–H groups in total. The highest BCUT2D eigenvalue weighted by Crippen LogP contribution is 2.45. The van der Waals surface area contributed by atoms with E-state index in [9.17, 15) is 43.2 Å². The molecule has 17 nitrogen and oxygen atoms in total. The number of aliphatic hydroxyl groups is 1. The Morgan fingerprint density at radius 3 is 0.929 bits per heavy atom. The lowest BCUT2D eigenvalue weighted by Gasteiger charge is -2.21. The van der Waals surface area contributed by atoms with Crippen LogP contribution >= 0.6 is 15.6 Å². The summed E-state index contributed by atoms with van der Waals surface area (Å²) in [7, 11) is -9.97. The van der Waals surface area contributed by atoms with Gasteiger partial charge in [0.2, 0.25) is 0 Å². The minimum absolute atomic E-state index is 0.0641. The van der Waals surface area contributed by atoms with Crippen LogP contribution in [0.4, 0.5) is 0 Å². The van der Waals surface area contributed by atoms with Gasteiger partial charge in [-0.15, -0.1) is 0 Å². The molecule has 5 atom stereocenters. The highest BCUT2D eigenvalue weighted by molar-refractivity contribution is 7.47. The fourth-order valence-corrected chi connectivity index (χ4v) is 11.3.